The molecule has 0 aliphatic rings. The van der Waals surface area contributed by atoms with E-state index in [0.717, 1.165) is 12.1 Å². The van der Waals surface area contributed by atoms with E-state index in [1.165, 1.54) is 19.1 Å². The second kappa shape index (κ2) is 8.12. The Bertz CT molecular complexity index is 836. The van der Waals surface area contributed by atoms with Crippen molar-refractivity contribution in [3.63, 3.8) is 0 Å². The van der Waals surface area contributed by atoms with Gasteiger partial charge in [0.25, 0.3) is 0 Å². The molecule has 2 aromatic carbocycles. The van der Waals surface area contributed by atoms with Crippen molar-refractivity contribution in [2.45, 2.75) is 33.8 Å². The lowest BCUT2D eigenvalue weighted by Crippen LogP contribution is -2.27. The topological polar surface area (TPSA) is 72.5 Å². The van der Waals surface area contributed by atoms with E-state index in [1.807, 2.05) is 0 Å². The van der Waals surface area contributed by atoms with Crippen LogP contribution in [0.1, 0.15) is 48.4 Å². The molecular weight excluding hydrogens is 349 g/mol. The Hall–Kier alpha value is -3.02. The molecule has 0 saturated heterocycles. The van der Waals surface area contributed by atoms with Gasteiger partial charge >= 0.3 is 5.97 Å². The fourth-order valence-corrected chi connectivity index (χ4v) is 2.14. The average Bonchev–Trinajstić information content (AvgIpc) is 2.61. The molecule has 2 aromatic rings. The second-order valence-corrected chi connectivity index (χ2v) is 7.20. The van der Waals surface area contributed by atoms with Gasteiger partial charge in [-0.3, -0.25) is 9.59 Å². The monoisotopic (exact) mass is 371 g/mol. The van der Waals surface area contributed by atoms with Gasteiger partial charge in [0.15, 0.2) is 6.10 Å². The van der Waals surface area contributed by atoms with Crippen molar-refractivity contribution >= 4 is 23.3 Å². The van der Waals surface area contributed by atoms with Crippen LogP contribution in [-0.4, -0.2) is 23.8 Å². The standard InChI is InChI=1S/C21H22FNO4/c1-13(27-19(25)15-5-9-16(22)10-6-15)18(24)14-7-11-17(12-8-14)23-20(26)21(2,3)4/h5-13H,1-4H3,(H,23,26)/t13-/m0/s1. The molecule has 1 amide bonds. The molecule has 0 saturated carbocycles. The van der Waals surface area contributed by atoms with E-state index in [-0.39, 0.29) is 17.3 Å². The maximum Gasteiger partial charge on any atom is 0.338 e. The number of ether oxygens (including phenoxy) is 1. The number of anilines is 1. The number of benzene rings is 2. The summed E-state index contributed by atoms with van der Waals surface area (Å²) in [7, 11) is 0. The van der Waals surface area contributed by atoms with Gasteiger partial charge in [-0.2, -0.15) is 0 Å². The number of carbonyl (C=O) groups excluding carboxylic acids is 3. The van der Waals surface area contributed by atoms with Gasteiger partial charge in [0.1, 0.15) is 5.82 Å². The van der Waals surface area contributed by atoms with Crippen molar-refractivity contribution in [3.05, 3.63) is 65.5 Å². The molecule has 0 heterocycles. The number of esters is 1. The van der Waals surface area contributed by atoms with Gasteiger partial charge in [0.2, 0.25) is 11.7 Å². The highest BCUT2D eigenvalue weighted by Gasteiger charge is 2.22. The molecule has 2 rings (SSSR count). The van der Waals surface area contributed by atoms with Crippen LogP contribution in [0.2, 0.25) is 0 Å². The first-order chi connectivity index (χ1) is 12.6. The lowest BCUT2D eigenvalue weighted by molar-refractivity contribution is -0.123. The molecule has 142 valence electrons. The zero-order valence-electron chi connectivity index (χ0n) is 15.7. The molecule has 0 bridgehead atoms. The maximum atomic E-state index is 12.9. The summed E-state index contributed by atoms with van der Waals surface area (Å²) in [6, 6.07) is 11.2. The van der Waals surface area contributed by atoms with Crippen molar-refractivity contribution in [1.82, 2.24) is 0 Å². The van der Waals surface area contributed by atoms with Gasteiger partial charge in [0.05, 0.1) is 5.56 Å². The quantitative estimate of drug-likeness (QED) is 0.630. The van der Waals surface area contributed by atoms with Gasteiger partial charge in [-0.1, -0.05) is 20.8 Å². The third-order valence-corrected chi connectivity index (χ3v) is 3.84. The van der Waals surface area contributed by atoms with Crippen LogP contribution in [0.15, 0.2) is 48.5 Å². The summed E-state index contributed by atoms with van der Waals surface area (Å²) in [5, 5.41) is 2.77. The summed E-state index contributed by atoms with van der Waals surface area (Å²) < 4.78 is 18.1. The van der Waals surface area contributed by atoms with Crippen LogP contribution in [0.25, 0.3) is 0 Å². The summed E-state index contributed by atoms with van der Waals surface area (Å²) in [6.45, 7) is 6.88. The van der Waals surface area contributed by atoms with Gasteiger partial charge in [-0.05, 0) is 55.5 Å². The first-order valence-corrected chi connectivity index (χ1v) is 8.50. The molecule has 5 nitrogen and oxygen atoms in total. The summed E-state index contributed by atoms with van der Waals surface area (Å²) in [4.78, 5) is 36.4. The summed E-state index contributed by atoms with van der Waals surface area (Å²) in [6.07, 6.45) is -1.00. The number of ketones is 1. The molecule has 0 aliphatic carbocycles. The molecule has 1 N–H and O–H groups in total. The second-order valence-electron chi connectivity index (χ2n) is 7.20. The molecule has 0 radical (unpaired) electrons. The largest absolute Gasteiger partial charge is 0.451 e. The van der Waals surface area contributed by atoms with Crippen LogP contribution in [0.4, 0.5) is 10.1 Å². The number of halogens is 1. The fraction of sp³-hybridized carbons (Fsp3) is 0.286. The minimum atomic E-state index is -1.00. The van der Waals surface area contributed by atoms with Gasteiger partial charge in [-0.15, -0.1) is 0 Å². The zero-order chi connectivity index (χ0) is 20.2. The van der Waals surface area contributed by atoms with Crippen molar-refractivity contribution < 1.29 is 23.5 Å². The van der Waals surface area contributed by atoms with Gasteiger partial charge in [-0.25, -0.2) is 9.18 Å². The van der Waals surface area contributed by atoms with Crippen LogP contribution in [0.5, 0.6) is 0 Å². The first kappa shape index (κ1) is 20.3. The average molecular weight is 371 g/mol. The number of amides is 1. The van der Waals surface area contributed by atoms with E-state index in [2.05, 4.69) is 5.32 Å². The Labute approximate surface area is 157 Å². The Kier molecular flexibility index (Phi) is 6.10. The maximum absolute atomic E-state index is 12.9. The zero-order valence-corrected chi connectivity index (χ0v) is 15.7. The summed E-state index contributed by atoms with van der Waals surface area (Å²) in [5.74, 6) is -1.68. The van der Waals surface area contributed by atoms with E-state index < -0.39 is 23.3 Å². The molecule has 1 atom stereocenters. The Balaban J connectivity index is 2.01. The highest BCUT2D eigenvalue weighted by molar-refractivity contribution is 6.02. The van der Waals surface area contributed by atoms with E-state index in [9.17, 15) is 18.8 Å². The number of nitrogens with one attached hydrogen (secondary N) is 1. The highest BCUT2D eigenvalue weighted by atomic mass is 19.1. The summed E-state index contributed by atoms with van der Waals surface area (Å²) in [5.41, 5.74) is 0.555. The normalized spacial score (nSPS) is 12.2. The van der Waals surface area contributed by atoms with Crippen molar-refractivity contribution in [3.8, 4) is 0 Å². The SMILES string of the molecule is C[C@H](OC(=O)c1ccc(F)cc1)C(=O)c1ccc(NC(=O)C(C)(C)C)cc1. The molecule has 0 fully saturated rings. The number of hydrogen-bond donors (Lipinski definition) is 1. The van der Waals surface area contributed by atoms with Crippen molar-refractivity contribution in [2.24, 2.45) is 5.41 Å². The molecule has 27 heavy (non-hydrogen) atoms. The van der Waals surface area contributed by atoms with E-state index in [1.54, 1.807) is 45.0 Å². The van der Waals surface area contributed by atoms with E-state index in [0.29, 0.717) is 11.3 Å². The molecule has 0 unspecified atom stereocenters. The van der Waals surface area contributed by atoms with Gasteiger partial charge in [0, 0.05) is 16.7 Å². The van der Waals surface area contributed by atoms with Crippen LogP contribution in [-0.2, 0) is 9.53 Å². The summed E-state index contributed by atoms with van der Waals surface area (Å²) >= 11 is 0. The van der Waals surface area contributed by atoms with Crippen LogP contribution >= 0.6 is 0 Å². The molecular formula is C21H22FNO4. The Morgan fingerprint density at radius 2 is 1.44 bits per heavy atom. The van der Waals surface area contributed by atoms with E-state index in [4.69, 9.17) is 4.74 Å². The highest BCUT2D eigenvalue weighted by Crippen LogP contribution is 2.18. The van der Waals surface area contributed by atoms with Crippen molar-refractivity contribution in [2.75, 3.05) is 5.32 Å². The first-order valence-electron chi connectivity index (χ1n) is 8.50. The number of Topliss-reactive ketones (excluding diaryl/α,β-unsaturated/α-hetero) is 1. The molecule has 0 aliphatic heterocycles. The predicted molar refractivity (Wildman–Crippen MR) is 100 cm³/mol. The fourth-order valence-electron chi connectivity index (χ4n) is 2.14. The third kappa shape index (κ3) is 5.48. The van der Waals surface area contributed by atoms with Crippen LogP contribution < -0.4 is 5.32 Å². The third-order valence-electron chi connectivity index (χ3n) is 3.84. The minimum Gasteiger partial charge on any atom is -0.451 e. The smallest absolute Gasteiger partial charge is 0.338 e. The molecule has 6 heteroatoms. The lowest BCUT2D eigenvalue weighted by Gasteiger charge is -2.18. The lowest BCUT2D eigenvalue weighted by atomic mass is 9.95. The van der Waals surface area contributed by atoms with Crippen molar-refractivity contribution in [1.29, 1.82) is 0 Å². The van der Waals surface area contributed by atoms with Gasteiger partial charge < -0.3 is 10.1 Å². The predicted octanol–water partition coefficient (Wildman–Crippen LogP) is 4.24. The number of rotatable bonds is 5. The Morgan fingerprint density at radius 3 is 1.96 bits per heavy atom. The number of hydrogen-bond acceptors (Lipinski definition) is 4. The minimum absolute atomic E-state index is 0.136. The van der Waals surface area contributed by atoms with Crippen LogP contribution in [0, 0.1) is 11.2 Å². The Morgan fingerprint density at radius 1 is 0.926 bits per heavy atom. The molecule has 0 spiro atoms. The van der Waals surface area contributed by atoms with E-state index >= 15 is 0 Å². The number of carbonyl (C=O) groups is 3. The van der Waals surface area contributed by atoms with Crippen LogP contribution in [0.3, 0.4) is 0 Å². The molecule has 0 aromatic heterocycles.